The Kier molecular flexibility index (Phi) is 7.16. The van der Waals surface area contributed by atoms with Crippen LogP contribution >= 0.6 is 0 Å². The monoisotopic (exact) mass is 741 g/mol. The van der Waals surface area contributed by atoms with Gasteiger partial charge >= 0.3 is 0 Å². The molecule has 5 heteroatoms. The number of pyridine rings is 1. The molecular formula is C53H35N5. The fraction of sp³-hybridized carbons (Fsp3) is 0. The molecule has 0 atom stereocenters. The summed E-state index contributed by atoms with van der Waals surface area (Å²) >= 11 is 0. The number of aromatic nitrogens is 4. The first-order valence-electron chi connectivity index (χ1n) is 19.7. The zero-order valence-electron chi connectivity index (χ0n) is 31.4. The molecule has 12 aromatic rings. The maximum absolute atomic E-state index is 4.57. The fourth-order valence-corrected chi connectivity index (χ4v) is 9.26. The number of rotatable bonds is 6. The van der Waals surface area contributed by atoms with E-state index in [0.717, 1.165) is 45.2 Å². The second-order valence-electron chi connectivity index (χ2n) is 14.9. The van der Waals surface area contributed by atoms with Crippen molar-refractivity contribution in [1.82, 2.24) is 18.7 Å². The molecule has 0 unspecified atom stereocenters. The number of fused-ring (bicyclic) bond motifs is 9. The molecular weight excluding hydrogens is 707 g/mol. The summed E-state index contributed by atoms with van der Waals surface area (Å²) in [4.78, 5) is 6.96. The average molecular weight is 742 g/mol. The van der Waals surface area contributed by atoms with Gasteiger partial charge in [-0.25, -0.2) is 0 Å². The van der Waals surface area contributed by atoms with Crippen LogP contribution in [0.25, 0.3) is 82.5 Å². The van der Waals surface area contributed by atoms with E-state index in [-0.39, 0.29) is 0 Å². The first kappa shape index (κ1) is 32.4. The predicted molar refractivity (Wildman–Crippen MR) is 242 cm³/mol. The normalized spacial score (nSPS) is 11.8. The molecule has 5 nitrogen and oxygen atoms in total. The predicted octanol–water partition coefficient (Wildman–Crippen LogP) is 13.8. The largest absolute Gasteiger partial charge is 0.310 e. The van der Waals surface area contributed by atoms with Crippen LogP contribution in [0.3, 0.4) is 0 Å². The molecule has 0 amide bonds. The van der Waals surface area contributed by atoms with E-state index < -0.39 is 0 Å². The van der Waals surface area contributed by atoms with E-state index in [1.807, 2.05) is 12.4 Å². The second kappa shape index (κ2) is 12.8. The van der Waals surface area contributed by atoms with Crippen molar-refractivity contribution in [3.05, 3.63) is 213 Å². The minimum Gasteiger partial charge on any atom is -0.310 e. The summed E-state index contributed by atoms with van der Waals surface area (Å²) in [7, 11) is 0. The van der Waals surface area contributed by atoms with E-state index >= 15 is 0 Å². The molecule has 0 saturated carbocycles. The van der Waals surface area contributed by atoms with Gasteiger partial charge in [0.1, 0.15) is 0 Å². The van der Waals surface area contributed by atoms with Gasteiger partial charge in [0, 0.05) is 72.6 Å². The molecule has 4 heterocycles. The molecule has 0 radical (unpaired) electrons. The molecule has 0 bridgehead atoms. The highest BCUT2D eigenvalue weighted by Crippen LogP contribution is 2.41. The van der Waals surface area contributed by atoms with Crippen LogP contribution < -0.4 is 4.90 Å². The van der Waals surface area contributed by atoms with Gasteiger partial charge in [-0.15, -0.1) is 0 Å². The van der Waals surface area contributed by atoms with Gasteiger partial charge in [0.25, 0.3) is 0 Å². The van der Waals surface area contributed by atoms with Crippen molar-refractivity contribution in [2.24, 2.45) is 0 Å². The van der Waals surface area contributed by atoms with Gasteiger partial charge in [0.2, 0.25) is 0 Å². The standard InChI is InChI=1S/C53H35N5/c1-6-25-48-42(20-1)43-21-2-7-26-49(43)56(48)39-17-11-14-36(32-39)55(37-15-12-18-40(33-37)57-50-27-8-3-22-44(50)45-23-4-9-28-51(45)57)38-16-13-19-41(34-38)58-52-29-10-5-24-46(52)47-30-31-54-35-53(47)58/h1-35H. The van der Waals surface area contributed by atoms with Crippen molar-refractivity contribution in [3.63, 3.8) is 0 Å². The quantitative estimate of drug-likeness (QED) is 0.170. The molecule has 0 saturated heterocycles. The van der Waals surface area contributed by atoms with Crippen LogP contribution in [0.4, 0.5) is 17.1 Å². The van der Waals surface area contributed by atoms with Crippen molar-refractivity contribution in [2.75, 3.05) is 4.90 Å². The number of benzene rings is 8. The van der Waals surface area contributed by atoms with E-state index in [2.05, 4.69) is 224 Å². The van der Waals surface area contributed by atoms with Gasteiger partial charge in [-0.3, -0.25) is 4.98 Å². The van der Waals surface area contributed by atoms with Crippen molar-refractivity contribution in [3.8, 4) is 17.1 Å². The molecule has 0 fully saturated rings. The Morgan fingerprint density at radius 2 is 0.603 bits per heavy atom. The van der Waals surface area contributed by atoms with Gasteiger partial charge in [0.05, 0.1) is 39.3 Å². The van der Waals surface area contributed by atoms with E-state index in [0.29, 0.717) is 0 Å². The number of para-hydroxylation sites is 5. The van der Waals surface area contributed by atoms with Gasteiger partial charge in [0.15, 0.2) is 0 Å². The smallest absolute Gasteiger partial charge is 0.0724 e. The summed E-state index contributed by atoms with van der Waals surface area (Å²) < 4.78 is 7.12. The van der Waals surface area contributed by atoms with Crippen LogP contribution in [0.2, 0.25) is 0 Å². The Balaban J connectivity index is 1.10. The Labute approximate surface area is 334 Å². The number of anilines is 3. The average Bonchev–Trinajstić information content (AvgIpc) is 3.93. The van der Waals surface area contributed by atoms with Gasteiger partial charge in [-0.1, -0.05) is 109 Å². The van der Waals surface area contributed by atoms with Crippen molar-refractivity contribution >= 4 is 82.5 Å². The lowest BCUT2D eigenvalue weighted by Crippen LogP contribution is -2.12. The minimum absolute atomic E-state index is 1.05. The highest BCUT2D eigenvalue weighted by molar-refractivity contribution is 6.11. The van der Waals surface area contributed by atoms with Crippen LogP contribution in [0.15, 0.2) is 213 Å². The van der Waals surface area contributed by atoms with Crippen molar-refractivity contribution in [1.29, 1.82) is 0 Å². The molecule has 58 heavy (non-hydrogen) atoms. The Morgan fingerprint density at radius 3 is 0.966 bits per heavy atom. The summed E-state index contributed by atoms with van der Waals surface area (Å²) in [5.41, 5.74) is 13.4. The molecule has 0 N–H and O–H groups in total. The molecule has 0 spiro atoms. The first-order chi connectivity index (χ1) is 28.8. The van der Waals surface area contributed by atoms with E-state index in [1.165, 1.54) is 54.4 Å². The van der Waals surface area contributed by atoms with Crippen LogP contribution in [0.1, 0.15) is 0 Å². The highest BCUT2D eigenvalue weighted by Gasteiger charge is 2.20. The first-order valence-corrected chi connectivity index (χ1v) is 19.7. The number of hydrogen-bond donors (Lipinski definition) is 0. The molecule has 0 aliphatic rings. The summed E-state index contributed by atoms with van der Waals surface area (Å²) in [6.07, 6.45) is 3.86. The third-order valence-electron chi connectivity index (χ3n) is 11.7. The third-order valence-corrected chi connectivity index (χ3v) is 11.7. The third kappa shape index (κ3) is 4.87. The Bertz CT molecular complexity index is 3010. The van der Waals surface area contributed by atoms with Crippen molar-refractivity contribution < 1.29 is 0 Å². The molecule has 272 valence electrons. The topological polar surface area (TPSA) is 30.9 Å². The lowest BCUT2D eigenvalue weighted by molar-refractivity contribution is 1.14. The lowest BCUT2D eigenvalue weighted by atomic mass is 10.1. The zero-order valence-corrected chi connectivity index (χ0v) is 31.4. The number of nitrogens with zero attached hydrogens (tertiary/aromatic N) is 5. The number of hydrogen-bond acceptors (Lipinski definition) is 2. The van der Waals surface area contributed by atoms with E-state index in [4.69, 9.17) is 0 Å². The summed E-state index contributed by atoms with van der Waals surface area (Å²) in [5.74, 6) is 0. The molecule has 4 aromatic heterocycles. The van der Waals surface area contributed by atoms with Crippen LogP contribution in [-0.2, 0) is 0 Å². The zero-order chi connectivity index (χ0) is 38.2. The van der Waals surface area contributed by atoms with Crippen LogP contribution in [-0.4, -0.2) is 18.7 Å². The Morgan fingerprint density at radius 1 is 0.293 bits per heavy atom. The van der Waals surface area contributed by atoms with Gasteiger partial charge in [-0.05, 0) is 91.0 Å². The molecule has 8 aromatic carbocycles. The van der Waals surface area contributed by atoms with Gasteiger partial charge < -0.3 is 18.6 Å². The summed E-state index contributed by atoms with van der Waals surface area (Å²) in [6, 6.07) is 72.3. The van der Waals surface area contributed by atoms with Gasteiger partial charge in [-0.2, -0.15) is 0 Å². The molecule has 12 rings (SSSR count). The minimum atomic E-state index is 1.05. The highest BCUT2D eigenvalue weighted by atomic mass is 15.2. The van der Waals surface area contributed by atoms with Crippen LogP contribution in [0, 0.1) is 0 Å². The van der Waals surface area contributed by atoms with E-state index in [1.54, 1.807) is 0 Å². The Hall–Kier alpha value is -7.89. The lowest BCUT2D eigenvalue weighted by Gasteiger charge is -2.27. The maximum atomic E-state index is 4.57. The van der Waals surface area contributed by atoms with E-state index in [9.17, 15) is 0 Å². The molecule has 0 aliphatic heterocycles. The maximum Gasteiger partial charge on any atom is 0.0724 e. The summed E-state index contributed by atoms with van der Waals surface area (Å²) in [6.45, 7) is 0. The summed E-state index contributed by atoms with van der Waals surface area (Å²) in [5, 5.41) is 7.37. The molecule has 0 aliphatic carbocycles. The van der Waals surface area contributed by atoms with Crippen LogP contribution in [0.5, 0.6) is 0 Å². The van der Waals surface area contributed by atoms with Crippen molar-refractivity contribution in [2.45, 2.75) is 0 Å². The second-order valence-corrected chi connectivity index (χ2v) is 14.9. The SMILES string of the molecule is c1cc(N(c2cccc(-n3c4ccccc4c4ccccc43)c2)c2cccc(-n3c4ccccc4c4ccncc43)c2)cc(-n2c3ccccc3c3ccccc32)c1. The fourth-order valence-electron chi connectivity index (χ4n) is 9.26.